The molecular weight excluding hydrogens is 272 g/mol. The van der Waals surface area contributed by atoms with Gasteiger partial charge >= 0.3 is 0 Å². The Kier molecular flexibility index (Phi) is 2.81. The van der Waals surface area contributed by atoms with E-state index in [0.29, 0.717) is 29.2 Å². The van der Waals surface area contributed by atoms with Gasteiger partial charge in [0.05, 0.1) is 4.92 Å². The van der Waals surface area contributed by atoms with Crippen LogP contribution in [0.3, 0.4) is 0 Å². The summed E-state index contributed by atoms with van der Waals surface area (Å²) >= 11 is 0. The second kappa shape index (κ2) is 4.70. The van der Waals surface area contributed by atoms with Gasteiger partial charge < -0.3 is 14.6 Å². The van der Waals surface area contributed by atoms with Crippen LogP contribution in [0.1, 0.15) is 19.3 Å². The first-order valence-electron chi connectivity index (χ1n) is 7.25. The lowest BCUT2D eigenvalue weighted by atomic mass is 10.1. The van der Waals surface area contributed by atoms with Crippen LogP contribution < -0.4 is 10.2 Å². The van der Waals surface area contributed by atoms with Crippen LogP contribution in [0.25, 0.3) is 11.1 Å². The minimum atomic E-state index is -0.414. The largest absolute Gasteiger partial charge is 0.423 e. The molecule has 0 amide bonds. The first-order valence-corrected chi connectivity index (χ1v) is 7.25. The van der Waals surface area contributed by atoms with E-state index in [2.05, 4.69) is 15.2 Å². The van der Waals surface area contributed by atoms with E-state index in [0.717, 1.165) is 19.5 Å². The van der Waals surface area contributed by atoms with Crippen molar-refractivity contribution >= 4 is 22.8 Å². The fourth-order valence-electron chi connectivity index (χ4n) is 3.27. The van der Waals surface area contributed by atoms with Crippen molar-refractivity contribution in [3.63, 3.8) is 0 Å². The predicted molar refractivity (Wildman–Crippen MR) is 77.4 cm³/mol. The van der Waals surface area contributed by atoms with Gasteiger partial charge in [0.1, 0.15) is 5.52 Å². The second-order valence-corrected chi connectivity index (χ2v) is 5.78. The van der Waals surface area contributed by atoms with Crippen LogP contribution in [-0.4, -0.2) is 35.1 Å². The van der Waals surface area contributed by atoms with Gasteiger partial charge in [-0.05, 0) is 25.3 Å². The number of nitrogens with zero attached hydrogens (tertiary/aromatic N) is 3. The number of hydrogen-bond donors (Lipinski definition) is 1. The standard InChI is InChI=1S/C14H16N4O3/c19-18(20)11-3-4-13-12(7-11)16-14(21-13)17-6-5-9-1-2-10(8-17)15-9/h3-4,7,9-10,15H,1-2,5-6,8H2. The maximum Gasteiger partial charge on any atom is 0.298 e. The number of anilines is 1. The van der Waals surface area contributed by atoms with Gasteiger partial charge in [-0.25, -0.2) is 0 Å². The first-order chi connectivity index (χ1) is 10.2. The summed E-state index contributed by atoms with van der Waals surface area (Å²) in [7, 11) is 0. The summed E-state index contributed by atoms with van der Waals surface area (Å²) < 4.78 is 5.77. The molecule has 0 radical (unpaired) electrons. The highest BCUT2D eigenvalue weighted by molar-refractivity contribution is 5.77. The topological polar surface area (TPSA) is 84.4 Å². The van der Waals surface area contributed by atoms with Crippen LogP contribution >= 0.6 is 0 Å². The maximum absolute atomic E-state index is 10.8. The van der Waals surface area contributed by atoms with E-state index in [4.69, 9.17) is 4.42 Å². The molecule has 2 atom stereocenters. The summed E-state index contributed by atoms with van der Waals surface area (Å²) in [5, 5.41) is 14.4. The van der Waals surface area contributed by atoms with Gasteiger partial charge in [0.25, 0.3) is 11.7 Å². The van der Waals surface area contributed by atoms with E-state index in [1.165, 1.54) is 25.0 Å². The fraction of sp³-hybridized carbons (Fsp3) is 0.500. The maximum atomic E-state index is 10.8. The third kappa shape index (κ3) is 2.23. The van der Waals surface area contributed by atoms with E-state index < -0.39 is 4.92 Å². The van der Waals surface area contributed by atoms with Crippen LogP contribution in [0, 0.1) is 10.1 Å². The molecule has 0 spiro atoms. The molecule has 2 saturated heterocycles. The Labute approximate surface area is 121 Å². The lowest BCUT2D eigenvalue weighted by molar-refractivity contribution is -0.384. The molecule has 7 nitrogen and oxygen atoms in total. The molecule has 2 aromatic rings. The Morgan fingerprint density at radius 2 is 2.19 bits per heavy atom. The number of nitro benzene ring substituents is 1. The third-order valence-electron chi connectivity index (χ3n) is 4.36. The quantitative estimate of drug-likeness (QED) is 0.672. The van der Waals surface area contributed by atoms with Crippen LogP contribution in [0.5, 0.6) is 0 Å². The van der Waals surface area contributed by atoms with Crippen molar-refractivity contribution < 1.29 is 9.34 Å². The SMILES string of the molecule is O=[N+]([O-])c1ccc2oc(N3CCC4CCC(C3)N4)nc2c1. The van der Waals surface area contributed by atoms with Crippen molar-refractivity contribution in [1.29, 1.82) is 0 Å². The van der Waals surface area contributed by atoms with E-state index in [-0.39, 0.29) is 5.69 Å². The van der Waals surface area contributed by atoms with Gasteiger partial charge in [0.2, 0.25) is 0 Å². The normalized spacial score (nSPS) is 25.2. The summed E-state index contributed by atoms with van der Waals surface area (Å²) in [5.74, 6) is 0. The molecule has 2 fully saturated rings. The molecule has 2 unspecified atom stereocenters. The molecule has 2 aliphatic heterocycles. The number of rotatable bonds is 2. The molecule has 1 aromatic heterocycles. The van der Waals surface area contributed by atoms with Gasteiger partial charge in [-0.15, -0.1) is 0 Å². The Morgan fingerprint density at radius 1 is 1.33 bits per heavy atom. The number of nitrogens with one attached hydrogen (secondary N) is 1. The average molecular weight is 288 g/mol. The molecule has 2 aliphatic rings. The first kappa shape index (κ1) is 12.6. The monoisotopic (exact) mass is 288 g/mol. The molecule has 0 aliphatic carbocycles. The minimum Gasteiger partial charge on any atom is -0.423 e. The third-order valence-corrected chi connectivity index (χ3v) is 4.36. The number of nitro groups is 1. The summed E-state index contributed by atoms with van der Waals surface area (Å²) in [4.78, 5) is 17.0. The van der Waals surface area contributed by atoms with Gasteiger partial charge in [-0.1, -0.05) is 0 Å². The van der Waals surface area contributed by atoms with Crippen molar-refractivity contribution in [2.24, 2.45) is 0 Å². The lowest BCUT2D eigenvalue weighted by Gasteiger charge is -2.21. The minimum absolute atomic E-state index is 0.0407. The molecule has 2 bridgehead atoms. The molecule has 4 rings (SSSR count). The van der Waals surface area contributed by atoms with Crippen LogP contribution in [0.4, 0.5) is 11.7 Å². The summed E-state index contributed by atoms with van der Waals surface area (Å²) in [6.45, 7) is 1.79. The highest BCUT2D eigenvalue weighted by Crippen LogP contribution is 2.28. The van der Waals surface area contributed by atoms with E-state index in [1.54, 1.807) is 6.07 Å². The molecule has 7 heteroatoms. The van der Waals surface area contributed by atoms with E-state index in [9.17, 15) is 10.1 Å². The van der Waals surface area contributed by atoms with Crippen molar-refractivity contribution in [2.45, 2.75) is 31.3 Å². The highest BCUT2D eigenvalue weighted by Gasteiger charge is 2.31. The summed E-state index contributed by atoms with van der Waals surface area (Å²) in [6.07, 6.45) is 3.51. The predicted octanol–water partition coefficient (Wildman–Crippen LogP) is 2.07. The Hall–Kier alpha value is -2.15. The van der Waals surface area contributed by atoms with Crippen LogP contribution in [-0.2, 0) is 0 Å². The molecule has 3 heterocycles. The van der Waals surface area contributed by atoms with Gasteiger partial charge in [-0.2, -0.15) is 4.98 Å². The number of hydrogen-bond acceptors (Lipinski definition) is 6. The van der Waals surface area contributed by atoms with Crippen molar-refractivity contribution in [3.8, 4) is 0 Å². The highest BCUT2D eigenvalue weighted by atomic mass is 16.6. The molecule has 1 aromatic carbocycles. The molecule has 21 heavy (non-hydrogen) atoms. The zero-order valence-corrected chi connectivity index (χ0v) is 11.5. The molecule has 110 valence electrons. The number of non-ortho nitro benzene ring substituents is 1. The number of benzene rings is 1. The van der Waals surface area contributed by atoms with Crippen molar-refractivity contribution in [1.82, 2.24) is 10.3 Å². The zero-order chi connectivity index (χ0) is 14.4. The van der Waals surface area contributed by atoms with Gasteiger partial charge in [0.15, 0.2) is 5.58 Å². The zero-order valence-electron chi connectivity index (χ0n) is 11.5. The van der Waals surface area contributed by atoms with Crippen LogP contribution in [0.15, 0.2) is 22.6 Å². The molecule has 0 saturated carbocycles. The Balaban J connectivity index is 1.65. The van der Waals surface area contributed by atoms with Gasteiger partial charge in [-0.3, -0.25) is 10.1 Å². The lowest BCUT2D eigenvalue weighted by Crippen LogP contribution is -2.35. The van der Waals surface area contributed by atoms with Gasteiger partial charge in [0, 0.05) is 37.3 Å². The van der Waals surface area contributed by atoms with Crippen molar-refractivity contribution in [2.75, 3.05) is 18.0 Å². The van der Waals surface area contributed by atoms with E-state index >= 15 is 0 Å². The fourth-order valence-corrected chi connectivity index (χ4v) is 3.27. The number of aromatic nitrogens is 1. The Morgan fingerprint density at radius 3 is 3.05 bits per heavy atom. The number of oxazole rings is 1. The van der Waals surface area contributed by atoms with Crippen LogP contribution in [0.2, 0.25) is 0 Å². The average Bonchev–Trinajstić information content (AvgIpc) is 3.01. The van der Waals surface area contributed by atoms with Crippen molar-refractivity contribution in [3.05, 3.63) is 28.3 Å². The molecule has 1 N–H and O–H groups in total. The smallest absolute Gasteiger partial charge is 0.298 e. The molecular formula is C14H16N4O3. The Bertz CT molecular complexity index is 699. The summed E-state index contributed by atoms with van der Waals surface area (Å²) in [5.41, 5.74) is 1.18. The number of fused-ring (bicyclic) bond motifs is 3. The van der Waals surface area contributed by atoms with E-state index in [1.807, 2.05) is 0 Å². The second-order valence-electron chi connectivity index (χ2n) is 5.78. The summed E-state index contributed by atoms with van der Waals surface area (Å²) in [6, 6.07) is 6.19.